The van der Waals surface area contributed by atoms with Crippen LogP contribution < -0.4 is 0 Å². The van der Waals surface area contributed by atoms with Crippen LogP contribution in [0.1, 0.15) is 11.3 Å². The Morgan fingerprint density at radius 3 is 3.00 bits per heavy atom. The quantitative estimate of drug-likeness (QED) is 0.855. The minimum Gasteiger partial charge on any atom is -0.481 e. The van der Waals surface area contributed by atoms with Crippen molar-refractivity contribution in [1.29, 1.82) is 0 Å². The van der Waals surface area contributed by atoms with E-state index in [4.69, 9.17) is 5.11 Å². The largest absolute Gasteiger partial charge is 0.481 e. The molecule has 0 atom stereocenters. The zero-order chi connectivity index (χ0) is 13.8. The first-order valence-corrected chi connectivity index (χ1v) is 6.66. The molecule has 100 valence electrons. The molecular weight excluding hydrogens is 267 g/mol. The molecule has 0 bridgehead atoms. The standard InChI is InChI=1S/C13H13FN2O2S/c1-9-6-16(13(15-9)19-8-12(17)18)7-10-3-2-4-11(14)5-10/h2-6H,7-8H2,1H3,(H,17,18). The molecule has 0 radical (unpaired) electrons. The van der Waals surface area contributed by atoms with E-state index in [1.54, 1.807) is 6.07 Å². The van der Waals surface area contributed by atoms with Gasteiger partial charge in [0.15, 0.2) is 5.16 Å². The third kappa shape index (κ3) is 3.82. The van der Waals surface area contributed by atoms with Crippen LogP contribution in [-0.4, -0.2) is 26.4 Å². The maximum Gasteiger partial charge on any atom is 0.313 e. The summed E-state index contributed by atoms with van der Waals surface area (Å²) in [4.78, 5) is 14.9. The molecule has 1 aromatic heterocycles. The first-order chi connectivity index (χ1) is 9.04. The van der Waals surface area contributed by atoms with Crippen molar-refractivity contribution in [3.8, 4) is 0 Å². The smallest absolute Gasteiger partial charge is 0.313 e. The summed E-state index contributed by atoms with van der Waals surface area (Å²) in [5.74, 6) is -1.21. The molecule has 2 aromatic rings. The molecule has 0 unspecified atom stereocenters. The number of hydrogen-bond donors (Lipinski definition) is 1. The molecule has 0 aliphatic heterocycles. The molecule has 2 rings (SSSR count). The number of carbonyl (C=O) groups is 1. The molecule has 1 N–H and O–H groups in total. The molecule has 0 saturated heterocycles. The van der Waals surface area contributed by atoms with E-state index < -0.39 is 5.97 Å². The van der Waals surface area contributed by atoms with Crippen molar-refractivity contribution in [2.45, 2.75) is 18.6 Å². The Balaban J connectivity index is 2.17. The lowest BCUT2D eigenvalue weighted by molar-refractivity contribution is -0.133. The van der Waals surface area contributed by atoms with Crippen LogP contribution in [0.4, 0.5) is 4.39 Å². The third-order valence-electron chi connectivity index (χ3n) is 2.43. The van der Waals surface area contributed by atoms with E-state index >= 15 is 0 Å². The predicted molar refractivity (Wildman–Crippen MR) is 70.8 cm³/mol. The van der Waals surface area contributed by atoms with Crippen molar-refractivity contribution >= 4 is 17.7 Å². The van der Waals surface area contributed by atoms with E-state index in [9.17, 15) is 9.18 Å². The van der Waals surface area contributed by atoms with Gasteiger partial charge in [-0.15, -0.1) is 0 Å². The Morgan fingerprint density at radius 1 is 1.53 bits per heavy atom. The highest BCUT2D eigenvalue weighted by molar-refractivity contribution is 7.99. The van der Waals surface area contributed by atoms with Crippen LogP contribution in [0.25, 0.3) is 0 Å². The number of halogens is 1. The van der Waals surface area contributed by atoms with Crippen LogP contribution in [0, 0.1) is 12.7 Å². The molecule has 6 heteroatoms. The minimum atomic E-state index is -0.886. The number of nitrogens with zero attached hydrogens (tertiary/aromatic N) is 2. The zero-order valence-corrected chi connectivity index (χ0v) is 11.2. The zero-order valence-electron chi connectivity index (χ0n) is 10.3. The van der Waals surface area contributed by atoms with Gasteiger partial charge in [0.1, 0.15) is 5.82 Å². The molecule has 1 heterocycles. The van der Waals surface area contributed by atoms with E-state index in [0.717, 1.165) is 23.0 Å². The van der Waals surface area contributed by atoms with Gasteiger partial charge in [-0.05, 0) is 24.6 Å². The Hall–Kier alpha value is -1.82. The SMILES string of the molecule is Cc1cn(Cc2cccc(F)c2)c(SCC(=O)O)n1. The Bertz CT molecular complexity index is 598. The van der Waals surface area contributed by atoms with E-state index in [2.05, 4.69) is 4.98 Å². The number of aryl methyl sites for hydroxylation is 1. The summed E-state index contributed by atoms with van der Waals surface area (Å²) in [6, 6.07) is 6.33. The van der Waals surface area contributed by atoms with Gasteiger partial charge >= 0.3 is 5.97 Å². The van der Waals surface area contributed by atoms with Gasteiger partial charge in [-0.1, -0.05) is 23.9 Å². The molecule has 19 heavy (non-hydrogen) atoms. The van der Waals surface area contributed by atoms with Crippen LogP contribution in [0.2, 0.25) is 0 Å². The van der Waals surface area contributed by atoms with Crippen molar-refractivity contribution < 1.29 is 14.3 Å². The van der Waals surface area contributed by atoms with Crippen molar-refractivity contribution in [2.75, 3.05) is 5.75 Å². The number of benzene rings is 1. The molecule has 4 nitrogen and oxygen atoms in total. The number of thioether (sulfide) groups is 1. The van der Waals surface area contributed by atoms with Gasteiger partial charge in [-0.3, -0.25) is 4.79 Å². The molecule has 0 aliphatic rings. The average molecular weight is 280 g/mol. The molecule has 0 fully saturated rings. The fourth-order valence-corrected chi connectivity index (χ4v) is 2.46. The summed E-state index contributed by atoms with van der Waals surface area (Å²) < 4.78 is 15.0. The topological polar surface area (TPSA) is 55.1 Å². The van der Waals surface area contributed by atoms with Gasteiger partial charge < -0.3 is 9.67 Å². The summed E-state index contributed by atoms with van der Waals surface area (Å²) in [5, 5.41) is 9.32. The molecule has 0 spiro atoms. The Labute approximate surface area is 114 Å². The lowest BCUT2D eigenvalue weighted by Crippen LogP contribution is -2.03. The fraction of sp³-hybridized carbons (Fsp3) is 0.231. The van der Waals surface area contributed by atoms with Crippen molar-refractivity contribution in [3.63, 3.8) is 0 Å². The monoisotopic (exact) mass is 280 g/mol. The minimum absolute atomic E-state index is 0.0421. The van der Waals surface area contributed by atoms with Crippen LogP contribution in [0.3, 0.4) is 0 Å². The van der Waals surface area contributed by atoms with Crippen molar-refractivity contribution in [1.82, 2.24) is 9.55 Å². The molecule has 1 aromatic carbocycles. The van der Waals surface area contributed by atoms with E-state index in [1.165, 1.54) is 12.1 Å². The van der Waals surface area contributed by atoms with Gasteiger partial charge in [-0.2, -0.15) is 0 Å². The Kier molecular flexibility index (Phi) is 4.21. The van der Waals surface area contributed by atoms with Gasteiger partial charge in [0.05, 0.1) is 11.4 Å². The highest BCUT2D eigenvalue weighted by atomic mass is 32.2. The number of aromatic nitrogens is 2. The van der Waals surface area contributed by atoms with Crippen molar-refractivity contribution in [2.24, 2.45) is 0 Å². The van der Waals surface area contributed by atoms with Gasteiger partial charge in [0.2, 0.25) is 0 Å². The second kappa shape index (κ2) is 5.88. The van der Waals surface area contributed by atoms with Crippen LogP contribution >= 0.6 is 11.8 Å². The lowest BCUT2D eigenvalue weighted by atomic mass is 10.2. The summed E-state index contributed by atoms with van der Waals surface area (Å²) in [7, 11) is 0. The van der Waals surface area contributed by atoms with Crippen molar-refractivity contribution in [3.05, 3.63) is 47.5 Å². The molecule has 0 amide bonds. The lowest BCUT2D eigenvalue weighted by Gasteiger charge is -2.06. The number of carboxylic acid groups (broad SMARTS) is 1. The van der Waals surface area contributed by atoms with Gasteiger partial charge in [0.25, 0.3) is 0 Å². The summed E-state index contributed by atoms with van der Waals surface area (Å²) in [5.41, 5.74) is 1.62. The summed E-state index contributed by atoms with van der Waals surface area (Å²) in [6.45, 7) is 2.31. The first kappa shape index (κ1) is 13.6. The van der Waals surface area contributed by atoms with E-state index in [-0.39, 0.29) is 11.6 Å². The third-order valence-corrected chi connectivity index (χ3v) is 3.40. The highest BCUT2D eigenvalue weighted by Crippen LogP contribution is 2.19. The summed E-state index contributed by atoms with van der Waals surface area (Å²) >= 11 is 1.16. The Morgan fingerprint density at radius 2 is 2.32 bits per heavy atom. The van der Waals surface area contributed by atoms with Crippen LogP contribution in [0.15, 0.2) is 35.6 Å². The molecule has 0 saturated carbocycles. The van der Waals surface area contributed by atoms with E-state index in [1.807, 2.05) is 23.8 Å². The number of aliphatic carboxylic acids is 1. The van der Waals surface area contributed by atoms with Crippen LogP contribution in [-0.2, 0) is 11.3 Å². The normalized spacial score (nSPS) is 10.6. The highest BCUT2D eigenvalue weighted by Gasteiger charge is 2.09. The van der Waals surface area contributed by atoms with Gasteiger partial charge in [-0.25, -0.2) is 9.37 Å². The second-order valence-corrected chi connectivity index (χ2v) is 5.05. The van der Waals surface area contributed by atoms with E-state index in [0.29, 0.717) is 11.7 Å². The number of imidazole rings is 1. The maximum absolute atomic E-state index is 13.1. The number of carboxylic acids is 1. The molecular formula is C13H13FN2O2S. The average Bonchev–Trinajstić information content (AvgIpc) is 2.67. The first-order valence-electron chi connectivity index (χ1n) is 5.67. The number of hydrogen-bond acceptors (Lipinski definition) is 3. The predicted octanol–water partition coefficient (Wildman–Crippen LogP) is 2.56. The second-order valence-electron chi connectivity index (χ2n) is 4.11. The fourth-order valence-electron chi connectivity index (χ4n) is 1.71. The van der Waals surface area contributed by atoms with Gasteiger partial charge in [0, 0.05) is 12.7 Å². The number of rotatable bonds is 5. The molecule has 0 aliphatic carbocycles. The van der Waals surface area contributed by atoms with Crippen LogP contribution in [0.5, 0.6) is 0 Å². The summed E-state index contributed by atoms with van der Waals surface area (Å²) in [6.07, 6.45) is 1.83. The maximum atomic E-state index is 13.1.